The number of carbonyl (C=O) groups is 1. The van der Waals surface area contributed by atoms with Crippen LogP contribution in [0.4, 0.5) is 23.7 Å². The maximum atomic E-state index is 12.0. The summed E-state index contributed by atoms with van der Waals surface area (Å²) in [6.07, 6.45) is -5.62. The molecule has 0 aliphatic rings. The number of hydrogen-bond acceptors (Lipinski definition) is 4. The van der Waals surface area contributed by atoms with Crippen molar-refractivity contribution in [2.45, 2.75) is 6.36 Å². The smallest absolute Gasteiger partial charge is 0.447 e. The second kappa shape index (κ2) is 6.62. The van der Waals surface area contributed by atoms with Crippen LogP contribution in [0.3, 0.4) is 0 Å². The average molecular weight is 344 g/mol. The zero-order chi connectivity index (χ0) is 14.5. The highest BCUT2D eigenvalue weighted by Crippen LogP contribution is 2.32. The van der Waals surface area contributed by atoms with Crippen molar-refractivity contribution in [1.29, 1.82) is 0 Å². The maximum Gasteiger partial charge on any atom is 0.573 e. The zero-order valence-corrected chi connectivity index (χ0v) is 10.9. The van der Waals surface area contributed by atoms with E-state index in [2.05, 4.69) is 30.7 Å². The van der Waals surface area contributed by atoms with Gasteiger partial charge in [0.15, 0.2) is 0 Å². The van der Waals surface area contributed by atoms with Crippen LogP contribution in [0.15, 0.2) is 22.7 Å². The van der Waals surface area contributed by atoms with Crippen LogP contribution >= 0.6 is 15.9 Å². The second-order valence-electron chi connectivity index (χ2n) is 3.18. The van der Waals surface area contributed by atoms with E-state index in [0.717, 1.165) is 6.07 Å². The highest BCUT2D eigenvalue weighted by molar-refractivity contribution is 9.10. The van der Waals surface area contributed by atoms with Gasteiger partial charge in [-0.2, -0.15) is 0 Å². The fourth-order valence-corrected chi connectivity index (χ4v) is 1.54. The molecule has 0 heterocycles. The minimum absolute atomic E-state index is 0.0183. The van der Waals surface area contributed by atoms with Gasteiger partial charge in [-0.1, -0.05) is 0 Å². The van der Waals surface area contributed by atoms with E-state index >= 15 is 0 Å². The molecule has 0 radical (unpaired) electrons. The Morgan fingerprint density at radius 3 is 2.63 bits per heavy atom. The van der Waals surface area contributed by atoms with Crippen LogP contribution in [0.1, 0.15) is 0 Å². The van der Waals surface area contributed by atoms with E-state index in [1.54, 1.807) is 0 Å². The predicted octanol–water partition coefficient (Wildman–Crippen LogP) is 2.89. The van der Waals surface area contributed by atoms with E-state index in [4.69, 9.17) is 5.11 Å². The Bertz CT molecular complexity index is 453. The van der Waals surface area contributed by atoms with E-state index in [1.165, 1.54) is 12.1 Å². The van der Waals surface area contributed by atoms with Crippen LogP contribution in [-0.4, -0.2) is 30.8 Å². The summed E-state index contributed by atoms with van der Waals surface area (Å²) in [5.41, 5.74) is 0.212. The lowest BCUT2D eigenvalue weighted by molar-refractivity contribution is -0.274. The number of ether oxygens (including phenoxy) is 2. The molecule has 1 amide bonds. The summed E-state index contributed by atoms with van der Waals surface area (Å²) in [6, 6.07) is 3.48. The number of carbonyl (C=O) groups excluding carboxylic acids is 1. The van der Waals surface area contributed by atoms with Gasteiger partial charge in [-0.15, -0.1) is 13.2 Å². The van der Waals surface area contributed by atoms with Crippen molar-refractivity contribution in [3.63, 3.8) is 0 Å². The summed E-state index contributed by atoms with van der Waals surface area (Å²) in [4.78, 5) is 11.1. The van der Waals surface area contributed by atoms with E-state index in [9.17, 15) is 18.0 Å². The Morgan fingerprint density at radius 1 is 1.42 bits per heavy atom. The number of amides is 1. The molecule has 0 bridgehead atoms. The van der Waals surface area contributed by atoms with Crippen LogP contribution in [0.2, 0.25) is 0 Å². The van der Waals surface area contributed by atoms with Gasteiger partial charge in [0.2, 0.25) is 0 Å². The van der Waals surface area contributed by atoms with Gasteiger partial charge >= 0.3 is 12.5 Å². The number of halogens is 4. The van der Waals surface area contributed by atoms with Gasteiger partial charge in [0.1, 0.15) is 12.4 Å². The van der Waals surface area contributed by atoms with Gasteiger partial charge < -0.3 is 14.6 Å². The molecular weight excluding hydrogens is 335 g/mol. The first-order valence-electron chi connectivity index (χ1n) is 4.92. The standard InChI is InChI=1S/C10H9BrF3NO4/c11-7-5-6(15-9(17)18-4-3-16)1-2-8(7)19-10(12,13)14/h1-2,5,16H,3-4H2,(H,15,17). The highest BCUT2D eigenvalue weighted by atomic mass is 79.9. The van der Waals surface area contributed by atoms with Crippen molar-refractivity contribution in [2.24, 2.45) is 0 Å². The molecule has 106 valence electrons. The third-order valence-electron chi connectivity index (χ3n) is 1.73. The molecule has 5 nitrogen and oxygen atoms in total. The molecule has 0 aromatic heterocycles. The van der Waals surface area contributed by atoms with Crippen molar-refractivity contribution in [3.05, 3.63) is 22.7 Å². The first-order valence-corrected chi connectivity index (χ1v) is 5.71. The predicted molar refractivity (Wildman–Crippen MR) is 62.9 cm³/mol. The Hall–Kier alpha value is -1.48. The number of benzene rings is 1. The van der Waals surface area contributed by atoms with Crippen molar-refractivity contribution in [3.8, 4) is 5.75 Å². The van der Waals surface area contributed by atoms with Crippen LogP contribution in [0.25, 0.3) is 0 Å². The molecular formula is C10H9BrF3NO4. The Kier molecular flexibility index (Phi) is 5.43. The summed E-state index contributed by atoms with van der Waals surface area (Å²) in [7, 11) is 0. The molecule has 0 saturated heterocycles. The number of nitrogens with one attached hydrogen (secondary N) is 1. The molecule has 9 heteroatoms. The molecule has 2 N–H and O–H groups in total. The lowest BCUT2D eigenvalue weighted by Gasteiger charge is -2.12. The molecule has 0 spiro atoms. The quantitative estimate of drug-likeness (QED) is 0.882. The van der Waals surface area contributed by atoms with E-state index in [1.807, 2.05) is 0 Å². The monoisotopic (exact) mass is 343 g/mol. The summed E-state index contributed by atoms with van der Waals surface area (Å²) >= 11 is 2.89. The SMILES string of the molecule is O=C(Nc1ccc(OC(F)(F)F)c(Br)c1)OCCO. The molecule has 0 aliphatic carbocycles. The summed E-state index contributed by atoms with van der Waals surface area (Å²) in [5, 5.41) is 10.7. The number of alkyl halides is 3. The third kappa shape index (κ3) is 5.79. The van der Waals surface area contributed by atoms with Crippen molar-refractivity contribution in [1.82, 2.24) is 0 Å². The lowest BCUT2D eigenvalue weighted by atomic mass is 10.3. The van der Waals surface area contributed by atoms with Crippen molar-refractivity contribution < 1.29 is 32.5 Å². The fraction of sp³-hybridized carbons (Fsp3) is 0.300. The number of aliphatic hydroxyl groups is 1. The van der Waals surface area contributed by atoms with Gasteiger partial charge in [0.25, 0.3) is 0 Å². The maximum absolute atomic E-state index is 12.0. The topological polar surface area (TPSA) is 67.8 Å². The molecule has 0 fully saturated rings. The molecule has 0 unspecified atom stereocenters. The fourth-order valence-electron chi connectivity index (χ4n) is 1.08. The van der Waals surface area contributed by atoms with E-state index < -0.39 is 18.2 Å². The molecule has 1 aromatic carbocycles. The molecule has 0 atom stereocenters. The van der Waals surface area contributed by atoms with E-state index in [0.29, 0.717) is 0 Å². The number of anilines is 1. The van der Waals surface area contributed by atoms with Crippen molar-refractivity contribution in [2.75, 3.05) is 18.5 Å². The number of hydrogen-bond donors (Lipinski definition) is 2. The first kappa shape index (κ1) is 15.6. The molecule has 0 aliphatic heterocycles. The van der Waals surface area contributed by atoms with Gasteiger partial charge in [0.05, 0.1) is 11.1 Å². The van der Waals surface area contributed by atoms with Crippen molar-refractivity contribution >= 4 is 27.7 Å². The molecule has 1 aromatic rings. The van der Waals surface area contributed by atoms with E-state index in [-0.39, 0.29) is 23.4 Å². The largest absolute Gasteiger partial charge is 0.573 e. The third-order valence-corrected chi connectivity index (χ3v) is 2.35. The van der Waals surface area contributed by atoms with Crippen LogP contribution in [-0.2, 0) is 4.74 Å². The highest BCUT2D eigenvalue weighted by Gasteiger charge is 2.31. The van der Waals surface area contributed by atoms with Crippen LogP contribution < -0.4 is 10.1 Å². The lowest BCUT2D eigenvalue weighted by Crippen LogP contribution is -2.18. The molecule has 19 heavy (non-hydrogen) atoms. The zero-order valence-electron chi connectivity index (χ0n) is 9.33. The van der Waals surface area contributed by atoms with Crippen LogP contribution in [0, 0.1) is 0 Å². The molecule has 1 rings (SSSR count). The van der Waals surface area contributed by atoms with Gasteiger partial charge in [-0.3, -0.25) is 5.32 Å². The molecule has 0 saturated carbocycles. The average Bonchev–Trinajstić information content (AvgIpc) is 2.28. The summed E-state index contributed by atoms with van der Waals surface area (Å²) in [5.74, 6) is -0.429. The second-order valence-corrected chi connectivity index (χ2v) is 4.03. The minimum Gasteiger partial charge on any atom is -0.447 e. The van der Waals surface area contributed by atoms with Gasteiger partial charge in [-0.05, 0) is 34.1 Å². The Morgan fingerprint density at radius 2 is 2.11 bits per heavy atom. The van der Waals surface area contributed by atoms with Gasteiger partial charge in [-0.25, -0.2) is 4.79 Å². The van der Waals surface area contributed by atoms with Crippen LogP contribution in [0.5, 0.6) is 5.75 Å². The Labute approximate surface area is 114 Å². The van der Waals surface area contributed by atoms with Gasteiger partial charge in [0, 0.05) is 5.69 Å². The number of rotatable bonds is 4. The number of aliphatic hydroxyl groups excluding tert-OH is 1. The summed E-state index contributed by atoms with van der Waals surface area (Å²) < 4.78 is 44.3. The normalized spacial score (nSPS) is 11.0. The first-order chi connectivity index (χ1) is 8.81. The Balaban J connectivity index is 2.69. The summed E-state index contributed by atoms with van der Waals surface area (Å²) in [6.45, 7) is -0.502. The minimum atomic E-state index is -4.79.